The summed E-state index contributed by atoms with van der Waals surface area (Å²) < 4.78 is 56.8. The van der Waals surface area contributed by atoms with E-state index in [2.05, 4.69) is 38.9 Å². The van der Waals surface area contributed by atoms with E-state index in [1.165, 1.54) is 0 Å². The number of allylic oxidation sites excluding steroid dienone is 2. The van der Waals surface area contributed by atoms with Crippen molar-refractivity contribution < 1.29 is 52.2 Å². The molecule has 2 saturated carbocycles. The van der Waals surface area contributed by atoms with Gasteiger partial charge in [-0.3, -0.25) is 9.59 Å². The molecule has 4 unspecified atom stereocenters. The summed E-state index contributed by atoms with van der Waals surface area (Å²) in [6, 6.07) is 0.334. The van der Waals surface area contributed by atoms with Crippen molar-refractivity contribution in [3.8, 4) is 0 Å². The lowest BCUT2D eigenvalue weighted by Gasteiger charge is -2.44. The molecule has 3 aliphatic carbocycles. The van der Waals surface area contributed by atoms with Crippen LogP contribution in [0.2, 0.25) is 0 Å². The Morgan fingerprint density at radius 3 is 2.28 bits per heavy atom. The van der Waals surface area contributed by atoms with Gasteiger partial charge in [-0.25, -0.2) is 0 Å². The molecular weight excluding hydrogens is 694 g/mol. The number of esters is 1. The van der Waals surface area contributed by atoms with Crippen LogP contribution in [0.4, 0.5) is 0 Å². The smallest absolute Gasteiger partial charge is 0.306 e. The van der Waals surface area contributed by atoms with Crippen LogP contribution in [0.1, 0.15) is 92.4 Å². The molecule has 4 aliphatic heterocycles. The number of methoxy groups -OCH3 is 2. The average Bonchev–Trinajstić information content (AvgIpc) is 3.68. The molecule has 54 heavy (non-hydrogen) atoms. The first kappa shape index (κ1) is 40.7. The number of ether oxygens (including phenoxy) is 9. The Morgan fingerprint density at radius 1 is 0.833 bits per heavy atom. The van der Waals surface area contributed by atoms with Gasteiger partial charge in [-0.2, -0.15) is 0 Å². The third-order valence-electron chi connectivity index (χ3n) is 14.1. The lowest BCUT2D eigenvalue weighted by molar-refractivity contribution is -0.317. The highest BCUT2D eigenvalue weighted by Crippen LogP contribution is 2.63. The maximum atomic E-state index is 14.8. The molecule has 0 aromatic rings. The molecule has 0 amide bonds. The molecule has 0 aromatic heterocycles. The minimum absolute atomic E-state index is 0.0100. The summed E-state index contributed by atoms with van der Waals surface area (Å²) >= 11 is 0. The fourth-order valence-corrected chi connectivity index (χ4v) is 11.4. The van der Waals surface area contributed by atoms with E-state index >= 15 is 0 Å². The number of fused-ring (bicyclic) bond motifs is 8. The molecule has 0 spiro atoms. The highest BCUT2D eigenvalue weighted by molar-refractivity contribution is 5.99. The van der Waals surface area contributed by atoms with Crippen LogP contribution in [0.5, 0.6) is 0 Å². The monoisotopic (exact) mass is 761 g/mol. The minimum Gasteiger partial charge on any atom is -0.462 e. The van der Waals surface area contributed by atoms with Gasteiger partial charge in [0.15, 0.2) is 18.4 Å². The molecule has 19 atom stereocenters. The van der Waals surface area contributed by atoms with Gasteiger partial charge in [0.05, 0.1) is 43.0 Å². The molecule has 7 rings (SSSR count). The topological polar surface area (TPSA) is 124 Å². The molecule has 4 saturated heterocycles. The Labute approximate surface area is 322 Å². The summed E-state index contributed by atoms with van der Waals surface area (Å²) in [7, 11) is 7.52. The summed E-state index contributed by atoms with van der Waals surface area (Å²) in [6.07, 6.45) is 6.23. The zero-order valence-corrected chi connectivity index (χ0v) is 34.1. The van der Waals surface area contributed by atoms with Gasteiger partial charge in [-0.15, -0.1) is 0 Å². The van der Waals surface area contributed by atoms with Gasteiger partial charge in [0.25, 0.3) is 0 Å². The van der Waals surface area contributed by atoms with Crippen LogP contribution < -0.4 is 0 Å². The number of carbonyl (C=O) groups is 2. The number of Topliss-reactive ketones (excluding diaryl/α,β-unsaturated/α-hetero) is 1. The van der Waals surface area contributed by atoms with Crippen molar-refractivity contribution >= 4 is 11.8 Å². The van der Waals surface area contributed by atoms with Crippen molar-refractivity contribution in [2.24, 2.45) is 35.5 Å². The van der Waals surface area contributed by atoms with E-state index in [0.29, 0.717) is 25.0 Å². The predicted molar refractivity (Wildman–Crippen MR) is 198 cm³/mol. The zero-order valence-electron chi connectivity index (χ0n) is 34.1. The second-order valence-electron chi connectivity index (χ2n) is 17.4. The number of hydrogen-bond acceptors (Lipinski definition) is 12. The number of hydrogen-bond donors (Lipinski definition) is 0. The standard InChI is InChI=1S/C42H67NO11/c1-10-24-13-12-14-32(53-34-16-15-31(43(6)7)22(4)49-34)21(3)36(45)29-19-27-26-17-25(18-30(26)38-39(54-38)35(27)28(29)20-33(44)51-24)52-42-41(47-9)40(48-11-2)37(46-8)23(5)50-42/h19,21-28,30-32,34-35,37-42H,10-18,20H2,1-9H3/t21-,22?,23?,24+,25+,26+,27+,28-,30-,31+,32+,34+,35-,37+,38-,39+,40?,41?,42+/m1/s1. The highest BCUT2D eigenvalue weighted by atomic mass is 16.7. The quantitative estimate of drug-likeness (QED) is 0.218. The average molecular weight is 762 g/mol. The van der Waals surface area contributed by atoms with Gasteiger partial charge in [-0.05, 0) is 110 Å². The van der Waals surface area contributed by atoms with Gasteiger partial charge in [0.1, 0.15) is 24.4 Å². The Bertz CT molecular complexity index is 1340. The molecule has 12 heteroatoms. The van der Waals surface area contributed by atoms with E-state index < -0.39 is 12.4 Å². The summed E-state index contributed by atoms with van der Waals surface area (Å²) in [5, 5.41) is 0. The van der Waals surface area contributed by atoms with Crippen molar-refractivity contribution in [1.82, 2.24) is 4.90 Å². The van der Waals surface area contributed by atoms with E-state index in [-0.39, 0.29) is 109 Å². The van der Waals surface area contributed by atoms with Gasteiger partial charge in [-0.1, -0.05) is 19.9 Å². The first-order valence-corrected chi connectivity index (χ1v) is 21.0. The van der Waals surface area contributed by atoms with Crippen molar-refractivity contribution in [3.05, 3.63) is 11.6 Å². The fraction of sp³-hybridized carbons (Fsp3) is 0.905. The summed E-state index contributed by atoms with van der Waals surface area (Å²) in [4.78, 5) is 30.6. The van der Waals surface area contributed by atoms with Crippen LogP contribution in [0.15, 0.2) is 11.6 Å². The minimum atomic E-state index is -0.604. The molecular formula is C42H67NO11. The number of likely N-dealkylation sites (N-methyl/N-ethyl adjacent to an activating group) is 1. The number of carbonyl (C=O) groups excluding carboxylic acids is 2. The Balaban J connectivity index is 1.11. The second kappa shape index (κ2) is 17.2. The van der Waals surface area contributed by atoms with Gasteiger partial charge >= 0.3 is 5.97 Å². The molecule has 0 bridgehead atoms. The van der Waals surface area contributed by atoms with Crippen molar-refractivity contribution in [3.63, 3.8) is 0 Å². The normalized spacial score (nSPS) is 48.1. The Morgan fingerprint density at radius 2 is 1.59 bits per heavy atom. The molecule has 0 aromatic carbocycles. The number of cyclic esters (lactones) is 1. The molecule has 306 valence electrons. The van der Waals surface area contributed by atoms with Gasteiger partial charge in [0, 0.05) is 44.6 Å². The number of epoxide rings is 1. The predicted octanol–water partition coefficient (Wildman–Crippen LogP) is 5.09. The highest BCUT2D eigenvalue weighted by Gasteiger charge is 2.66. The number of nitrogens with zero attached hydrogens (tertiary/aromatic N) is 1. The maximum absolute atomic E-state index is 14.8. The summed E-state index contributed by atoms with van der Waals surface area (Å²) in [5.41, 5.74) is 0.760. The SMILES string of the molecule is CCOC1C(OC)[C@H](O[C@@H]2C[C@@H]3[C@@H](C2)[C@@H]2C=C4C(=O)[C@H](C)[C@@H](O[C@H]5CC[C@H](N(C)C)C(C)O5)CCC[C@H](CC)OC(=O)C[C@H]4[C@@H]2[C@@H]2O[C@H]32)OC(C)[C@@H]1OC. The van der Waals surface area contributed by atoms with E-state index in [1.54, 1.807) is 14.2 Å². The number of rotatable bonds is 10. The van der Waals surface area contributed by atoms with E-state index in [0.717, 1.165) is 50.5 Å². The third kappa shape index (κ3) is 7.99. The largest absolute Gasteiger partial charge is 0.462 e. The van der Waals surface area contributed by atoms with Crippen LogP contribution in [0, 0.1) is 35.5 Å². The first-order chi connectivity index (χ1) is 26.0. The van der Waals surface area contributed by atoms with Gasteiger partial charge < -0.3 is 47.5 Å². The van der Waals surface area contributed by atoms with Crippen molar-refractivity contribution in [1.29, 1.82) is 0 Å². The van der Waals surface area contributed by atoms with E-state index in [4.69, 9.17) is 42.6 Å². The molecule has 0 N–H and O–H groups in total. The maximum Gasteiger partial charge on any atom is 0.306 e. The van der Waals surface area contributed by atoms with Crippen LogP contribution in [-0.2, 0) is 52.2 Å². The van der Waals surface area contributed by atoms with Gasteiger partial charge in [0.2, 0.25) is 0 Å². The van der Waals surface area contributed by atoms with Crippen LogP contribution in [0.3, 0.4) is 0 Å². The lowest BCUT2D eigenvalue weighted by atomic mass is 9.66. The summed E-state index contributed by atoms with van der Waals surface area (Å²) in [6.45, 7) is 10.7. The molecule has 12 nitrogen and oxygen atoms in total. The zero-order chi connectivity index (χ0) is 38.4. The summed E-state index contributed by atoms with van der Waals surface area (Å²) in [5.74, 6) is -0.0633. The number of ketones is 1. The third-order valence-corrected chi connectivity index (χ3v) is 14.1. The second-order valence-corrected chi connectivity index (χ2v) is 17.4. The van der Waals surface area contributed by atoms with E-state index in [1.807, 2.05) is 20.8 Å². The first-order valence-electron chi connectivity index (χ1n) is 21.0. The van der Waals surface area contributed by atoms with Crippen LogP contribution >= 0.6 is 0 Å². The van der Waals surface area contributed by atoms with Crippen LogP contribution in [-0.4, -0.2) is 131 Å². The Hall–Kier alpha value is -1.48. The van der Waals surface area contributed by atoms with E-state index in [9.17, 15) is 9.59 Å². The molecule has 4 heterocycles. The molecule has 6 fully saturated rings. The lowest BCUT2D eigenvalue weighted by Crippen LogP contribution is -2.60. The van der Waals surface area contributed by atoms with Crippen molar-refractivity contribution in [2.75, 3.05) is 34.9 Å². The van der Waals surface area contributed by atoms with Crippen LogP contribution in [0.25, 0.3) is 0 Å². The molecule has 7 aliphatic rings. The van der Waals surface area contributed by atoms with Crippen molar-refractivity contribution in [2.45, 2.75) is 172 Å². The fourth-order valence-electron chi connectivity index (χ4n) is 11.4. The Kier molecular flexibility index (Phi) is 12.9. The molecule has 0 radical (unpaired) electrons.